The van der Waals surface area contributed by atoms with Gasteiger partial charge in [-0.15, -0.1) is 0 Å². The molecule has 1 aliphatic heterocycles. The van der Waals surface area contributed by atoms with Crippen LogP contribution in [0.4, 0.5) is 5.69 Å². The van der Waals surface area contributed by atoms with Crippen molar-refractivity contribution in [3.05, 3.63) is 54.1 Å². The first-order valence-corrected chi connectivity index (χ1v) is 8.96. The lowest BCUT2D eigenvalue weighted by atomic mass is 10.1. The molecule has 0 aromatic heterocycles. The Labute approximate surface area is 159 Å². The van der Waals surface area contributed by atoms with Crippen LogP contribution in [0.25, 0.3) is 0 Å². The van der Waals surface area contributed by atoms with Gasteiger partial charge >= 0.3 is 0 Å². The summed E-state index contributed by atoms with van der Waals surface area (Å²) in [6.07, 6.45) is 0.422. The number of amides is 2. The van der Waals surface area contributed by atoms with Crippen LogP contribution < -0.4 is 19.7 Å². The molecule has 1 fully saturated rings. The molecule has 0 spiro atoms. The third-order valence-electron chi connectivity index (χ3n) is 4.57. The number of aryl methyl sites for hydroxylation is 1. The fraction of sp³-hybridized carbons (Fsp3) is 0.333. The number of nitrogens with one attached hydrogen (secondary N) is 1. The Balaban J connectivity index is 1.45. The molecule has 0 saturated carbocycles. The fourth-order valence-corrected chi connectivity index (χ4v) is 3.02. The second-order valence-electron chi connectivity index (χ2n) is 6.68. The number of anilines is 1. The minimum absolute atomic E-state index is 0.0358. The van der Waals surface area contributed by atoms with E-state index in [1.807, 2.05) is 55.5 Å². The number of rotatable bonds is 7. The van der Waals surface area contributed by atoms with Crippen molar-refractivity contribution < 1.29 is 19.1 Å². The lowest BCUT2D eigenvalue weighted by molar-refractivity contribution is -0.123. The van der Waals surface area contributed by atoms with Crippen LogP contribution >= 0.6 is 0 Å². The van der Waals surface area contributed by atoms with E-state index in [1.165, 1.54) is 0 Å². The molecule has 2 amide bonds. The molecule has 2 aromatic rings. The van der Waals surface area contributed by atoms with Gasteiger partial charge in [0.1, 0.15) is 11.5 Å². The minimum atomic E-state index is -0.189. The van der Waals surface area contributed by atoms with Crippen LogP contribution in [-0.4, -0.2) is 38.6 Å². The summed E-state index contributed by atoms with van der Waals surface area (Å²) in [6.45, 7) is 3.00. The van der Waals surface area contributed by atoms with Crippen LogP contribution in [0.15, 0.2) is 48.5 Å². The van der Waals surface area contributed by atoms with Gasteiger partial charge in [-0.1, -0.05) is 17.7 Å². The van der Waals surface area contributed by atoms with Crippen LogP contribution in [0.2, 0.25) is 0 Å². The third kappa shape index (κ3) is 5.00. The van der Waals surface area contributed by atoms with E-state index in [4.69, 9.17) is 9.47 Å². The number of hydrogen-bond acceptors (Lipinski definition) is 4. The summed E-state index contributed by atoms with van der Waals surface area (Å²) in [7, 11) is 1.61. The standard InChI is InChI=1S/C21H24N2O4/c1-15-3-7-19(8-4-15)27-14-20(24)22-12-16-11-21(25)23(13-16)17-5-9-18(26-2)10-6-17/h3-10,16H,11-14H2,1-2H3,(H,22,24). The normalized spacial score (nSPS) is 16.3. The summed E-state index contributed by atoms with van der Waals surface area (Å²) >= 11 is 0. The summed E-state index contributed by atoms with van der Waals surface area (Å²) in [5.74, 6) is 1.38. The van der Waals surface area contributed by atoms with Crippen molar-refractivity contribution in [3.8, 4) is 11.5 Å². The van der Waals surface area contributed by atoms with E-state index < -0.39 is 0 Å². The smallest absolute Gasteiger partial charge is 0.257 e. The topological polar surface area (TPSA) is 67.9 Å². The molecule has 142 valence electrons. The molecule has 6 heteroatoms. The van der Waals surface area contributed by atoms with Gasteiger partial charge in [0.15, 0.2) is 6.61 Å². The highest BCUT2D eigenvalue weighted by molar-refractivity contribution is 5.95. The highest BCUT2D eigenvalue weighted by Crippen LogP contribution is 2.26. The fourth-order valence-electron chi connectivity index (χ4n) is 3.02. The number of carbonyl (C=O) groups excluding carboxylic acids is 2. The van der Waals surface area contributed by atoms with E-state index in [9.17, 15) is 9.59 Å². The zero-order valence-corrected chi connectivity index (χ0v) is 15.6. The van der Waals surface area contributed by atoms with Crippen molar-refractivity contribution in [1.82, 2.24) is 5.32 Å². The zero-order chi connectivity index (χ0) is 19.2. The first-order valence-electron chi connectivity index (χ1n) is 8.96. The Morgan fingerprint density at radius 1 is 1.11 bits per heavy atom. The maximum absolute atomic E-state index is 12.3. The van der Waals surface area contributed by atoms with Gasteiger partial charge in [-0.25, -0.2) is 0 Å². The van der Waals surface area contributed by atoms with Crippen molar-refractivity contribution in [3.63, 3.8) is 0 Å². The lowest BCUT2D eigenvalue weighted by Crippen LogP contribution is -2.34. The Morgan fingerprint density at radius 3 is 2.44 bits per heavy atom. The Morgan fingerprint density at radius 2 is 1.78 bits per heavy atom. The number of hydrogen-bond donors (Lipinski definition) is 1. The second kappa shape index (κ2) is 8.58. The SMILES string of the molecule is COc1ccc(N2CC(CNC(=O)COc3ccc(C)cc3)CC2=O)cc1. The van der Waals surface area contributed by atoms with Crippen LogP contribution in [0.5, 0.6) is 11.5 Å². The Kier molecular flexibility index (Phi) is 5.96. The second-order valence-corrected chi connectivity index (χ2v) is 6.68. The third-order valence-corrected chi connectivity index (χ3v) is 4.57. The van der Waals surface area contributed by atoms with E-state index >= 15 is 0 Å². The number of nitrogens with zero attached hydrogens (tertiary/aromatic N) is 1. The molecule has 2 aromatic carbocycles. The summed E-state index contributed by atoms with van der Waals surface area (Å²) in [5, 5.41) is 2.85. The molecule has 27 heavy (non-hydrogen) atoms. The van der Waals surface area contributed by atoms with Gasteiger partial charge in [0, 0.05) is 31.1 Å². The van der Waals surface area contributed by atoms with Crippen molar-refractivity contribution in [1.29, 1.82) is 0 Å². The van der Waals surface area contributed by atoms with Crippen molar-refractivity contribution in [2.45, 2.75) is 13.3 Å². The molecular formula is C21H24N2O4. The molecule has 6 nitrogen and oxygen atoms in total. The quantitative estimate of drug-likeness (QED) is 0.816. The van der Waals surface area contributed by atoms with Crippen molar-refractivity contribution in [2.24, 2.45) is 5.92 Å². The van der Waals surface area contributed by atoms with E-state index in [2.05, 4.69) is 5.32 Å². The van der Waals surface area contributed by atoms with Crippen LogP contribution in [0.3, 0.4) is 0 Å². The molecular weight excluding hydrogens is 344 g/mol. The molecule has 1 aliphatic rings. The van der Waals surface area contributed by atoms with Gasteiger partial charge in [0.25, 0.3) is 5.91 Å². The van der Waals surface area contributed by atoms with Crippen molar-refractivity contribution in [2.75, 3.05) is 31.7 Å². The molecule has 3 rings (SSSR count). The molecule has 1 atom stereocenters. The number of methoxy groups -OCH3 is 1. The summed E-state index contributed by atoms with van der Waals surface area (Å²) in [4.78, 5) is 26.0. The van der Waals surface area contributed by atoms with Gasteiger partial charge in [-0.3, -0.25) is 9.59 Å². The molecule has 1 N–H and O–H groups in total. The molecule has 1 heterocycles. The Bertz CT molecular complexity index is 787. The van der Waals surface area contributed by atoms with Gasteiger partial charge in [0.2, 0.25) is 5.91 Å². The highest BCUT2D eigenvalue weighted by atomic mass is 16.5. The van der Waals surface area contributed by atoms with E-state index in [0.717, 1.165) is 17.0 Å². The molecule has 0 bridgehead atoms. The number of carbonyl (C=O) groups is 2. The van der Waals surface area contributed by atoms with Gasteiger partial charge in [-0.2, -0.15) is 0 Å². The molecule has 1 saturated heterocycles. The predicted molar refractivity (Wildman–Crippen MR) is 103 cm³/mol. The first kappa shape index (κ1) is 18.8. The number of ether oxygens (including phenoxy) is 2. The van der Waals surface area contributed by atoms with Crippen LogP contribution in [0, 0.1) is 12.8 Å². The molecule has 1 unspecified atom stereocenters. The summed E-state index contributed by atoms with van der Waals surface area (Å²) in [6, 6.07) is 15.0. The lowest BCUT2D eigenvalue weighted by Gasteiger charge is -2.17. The maximum atomic E-state index is 12.3. The first-order chi connectivity index (χ1) is 13.0. The van der Waals surface area contributed by atoms with E-state index in [0.29, 0.717) is 25.3 Å². The molecule has 0 radical (unpaired) electrons. The largest absolute Gasteiger partial charge is 0.497 e. The monoisotopic (exact) mass is 368 g/mol. The molecule has 0 aliphatic carbocycles. The van der Waals surface area contributed by atoms with Crippen LogP contribution in [0.1, 0.15) is 12.0 Å². The van der Waals surface area contributed by atoms with Crippen LogP contribution in [-0.2, 0) is 9.59 Å². The zero-order valence-electron chi connectivity index (χ0n) is 15.6. The average Bonchev–Trinajstić information content (AvgIpc) is 3.06. The average molecular weight is 368 g/mol. The number of benzene rings is 2. The van der Waals surface area contributed by atoms with Gasteiger partial charge < -0.3 is 19.7 Å². The summed E-state index contributed by atoms with van der Waals surface area (Å²) < 4.78 is 10.6. The summed E-state index contributed by atoms with van der Waals surface area (Å²) in [5.41, 5.74) is 1.98. The van der Waals surface area contributed by atoms with E-state index in [-0.39, 0.29) is 24.3 Å². The van der Waals surface area contributed by atoms with Gasteiger partial charge in [-0.05, 0) is 43.3 Å². The maximum Gasteiger partial charge on any atom is 0.257 e. The minimum Gasteiger partial charge on any atom is -0.497 e. The van der Waals surface area contributed by atoms with Gasteiger partial charge in [0.05, 0.1) is 7.11 Å². The van der Waals surface area contributed by atoms with Crippen molar-refractivity contribution >= 4 is 17.5 Å². The van der Waals surface area contributed by atoms with E-state index in [1.54, 1.807) is 12.0 Å². The predicted octanol–water partition coefficient (Wildman–Crippen LogP) is 2.55. The highest BCUT2D eigenvalue weighted by Gasteiger charge is 2.30. The Hall–Kier alpha value is -3.02.